The average molecular weight is 336 g/mol. The Kier molecular flexibility index (Phi) is 3.98. The maximum atomic E-state index is 13.6. The molecule has 9 heteroatoms. The van der Waals surface area contributed by atoms with Gasteiger partial charge in [-0.1, -0.05) is 11.6 Å². The summed E-state index contributed by atoms with van der Waals surface area (Å²) in [5.41, 5.74) is 5.98. The number of hydrogen-bond acceptors (Lipinski definition) is 6. The second kappa shape index (κ2) is 6.09. The number of ether oxygens (including phenoxy) is 2. The summed E-state index contributed by atoms with van der Waals surface area (Å²) in [7, 11) is 1.48. The number of benzene rings is 1. The highest BCUT2D eigenvalue weighted by Crippen LogP contribution is 2.33. The Hall–Kier alpha value is -2.87. The molecule has 1 aromatic carbocycles. The first kappa shape index (κ1) is 15.0. The molecule has 0 atom stereocenters. The van der Waals surface area contributed by atoms with Crippen LogP contribution in [0.2, 0.25) is 5.02 Å². The van der Waals surface area contributed by atoms with Gasteiger partial charge in [-0.25, -0.2) is 19.0 Å². The summed E-state index contributed by atoms with van der Waals surface area (Å²) in [4.78, 5) is 7.97. The number of aromatic nitrogens is 4. The van der Waals surface area contributed by atoms with Gasteiger partial charge in [0.15, 0.2) is 11.6 Å². The molecule has 2 N–H and O–H groups in total. The fourth-order valence-electron chi connectivity index (χ4n) is 1.78. The fraction of sp³-hybridized carbons (Fsp3) is 0.0714. The molecule has 0 radical (unpaired) electrons. The van der Waals surface area contributed by atoms with E-state index in [0.717, 1.165) is 0 Å². The lowest BCUT2D eigenvalue weighted by atomic mass is 10.3. The first-order valence-corrected chi connectivity index (χ1v) is 6.79. The summed E-state index contributed by atoms with van der Waals surface area (Å²) in [6.45, 7) is 0. The van der Waals surface area contributed by atoms with Crippen LogP contribution in [0.25, 0.3) is 5.69 Å². The van der Waals surface area contributed by atoms with Gasteiger partial charge in [0.2, 0.25) is 5.88 Å². The van der Waals surface area contributed by atoms with Crippen molar-refractivity contribution in [2.75, 3.05) is 12.8 Å². The van der Waals surface area contributed by atoms with Crippen molar-refractivity contribution >= 4 is 17.3 Å². The third-order valence-electron chi connectivity index (χ3n) is 2.92. The predicted molar refractivity (Wildman–Crippen MR) is 81.6 cm³/mol. The van der Waals surface area contributed by atoms with Crippen molar-refractivity contribution in [1.82, 2.24) is 19.7 Å². The summed E-state index contributed by atoms with van der Waals surface area (Å²) < 4.78 is 25.5. The number of hydrogen-bond donors (Lipinski definition) is 1. The Morgan fingerprint density at radius 2 is 1.96 bits per heavy atom. The zero-order valence-electron chi connectivity index (χ0n) is 11.9. The fourth-order valence-corrected chi connectivity index (χ4v) is 1.99. The summed E-state index contributed by atoms with van der Waals surface area (Å²) in [6.07, 6.45) is 4.72. The zero-order chi connectivity index (χ0) is 16.4. The van der Waals surface area contributed by atoms with E-state index in [4.69, 9.17) is 26.8 Å². The third-order valence-corrected chi connectivity index (χ3v) is 3.27. The smallest absolute Gasteiger partial charge is 0.316 e. The standard InChI is InChI=1S/C14H11ClFN5O2/c1-22-14-18-6-8(7-19-14)21-5-4-11(20-21)23-10-3-2-9(17)13(16)12(10)15/h2-7H,17H2,1H3. The minimum absolute atomic E-state index is 0.0525. The molecule has 0 fully saturated rings. The number of halogens is 2. The van der Waals surface area contributed by atoms with Gasteiger partial charge in [0.05, 0.1) is 25.2 Å². The van der Waals surface area contributed by atoms with Gasteiger partial charge in [-0.15, -0.1) is 5.10 Å². The molecule has 0 amide bonds. The van der Waals surface area contributed by atoms with E-state index in [0.29, 0.717) is 5.69 Å². The van der Waals surface area contributed by atoms with E-state index in [1.54, 1.807) is 24.7 Å². The Morgan fingerprint density at radius 3 is 2.65 bits per heavy atom. The lowest BCUT2D eigenvalue weighted by molar-refractivity contribution is 0.379. The third kappa shape index (κ3) is 3.02. The van der Waals surface area contributed by atoms with Crippen molar-refractivity contribution in [1.29, 1.82) is 0 Å². The highest BCUT2D eigenvalue weighted by molar-refractivity contribution is 6.32. The summed E-state index contributed by atoms with van der Waals surface area (Å²) in [5.74, 6) is -0.381. The quantitative estimate of drug-likeness (QED) is 0.737. The van der Waals surface area contributed by atoms with E-state index < -0.39 is 5.82 Å². The van der Waals surface area contributed by atoms with Crippen molar-refractivity contribution < 1.29 is 13.9 Å². The van der Waals surface area contributed by atoms with E-state index in [9.17, 15) is 4.39 Å². The first-order valence-electron chi connectivity index (χ1n) is 6.42. The van der Waals surface area contributed by atoms with Gasteiger partial charge in [-0.2, -0.15) is 0 Å². The molecule has 0 aliphatic carbocycles. The van der Waals surface area contributed by atoms with Crippen LogP contribution in [-0.4, -0.2) is 26.9 Å². The van der Waals surface area contributed by atoms with Gasteiger partial charge in [-0.05, 0) is 12.1 Å². The first-order chi connectivity index (χ1) is 11.1. The van der Waals surface area contributed by atoms with Gasteiger partial charge < -0.3 is 15.2 Å². The molecule has 2 aromatic heterocycles. The number of anilines is 1. The van der Waals surface area contributed by atoms with Crippen LogP contribution in [0.3, 0.4) is 0 Å². The second-order valence-electron chi connectivity index (χ2n) is 4.41. The van der Waals surface area contributed by atoms with Gasteiger partial charge in [0.1, 0.15) is 10.7 Å². The summed E-state index contributed by atoms with van der Waals surface area (Å²) in [5, 5.41) is 3.98. The molecule has 23 heavy (non-hydrogen) atoms. The maximum Gasteiger partial charge on any atom is 0.316 e. The van der Waals surface area contributed by atoms with Crippen LogP contribution >= 0.6 is 11.6 Å². The Balaban J connectivity index is 1.83. The zero-order valence-corrected chi connectivity index (χ0v) is 12.7. The van der Waals surface area contributed by atoms with Crippen LogP contribution in [-0.2, 0) is 0 Å². The highest BCUT2D eigenvalue weighted by atomic mass is 35.5. The monoisotopic (exact) mass is 335 g/mol. The van der Waals surface area contributed by atoms with E-state index in [1.165, 1.54) is 23.9 Å². The molecule has 3 rings (SSSR count). The lowest BCUT2D eigenvalue weighted by Gasteiger charge is -2.07. The number of nitrogens with zero attached hydrogens (tertiary/aromatic N) is 4. The van der Waals surface area contributed by atoms with E-state index in [2.05, 4.69) is 15.1 Å². The molecule has 0 saturated carbocycles. The topological polar surface area (TPSA) is 88.1 Å². The number of rotatable bonds is 4. The SMILES string of the molecule is COc1ncc(-n2ccc(Oc3ccc(N)c(F)c3Cl)n2)cn1. The van der Waals surface area contributed by atoms with Crippen LogP contribution in [0.4, 0.5) is 10.1 Å². The molecule has 0 spiro atoms. The number of nitrogens with two attached hydrogens (primary N) is 1. The van der Waals surface area contributed by atoms with Crippen molar-refractivity contribution in [3.63, 3.8) is 0 Å². The van der Waals surface area contributed by atoms with E-state index in [1.807, 2.05) is 0 Å². The van der Waals surface area contributed by atoms with E-state index >= 15 is 0 Å². The van der Waals surface area contributed by atoms with Crippen molar-refractivity contribution in [3.05, 3.63) is 47.6 Å². The predicted octanol–water partition coefficient (Wildman–Crippen LogP) is 2.84. The Bertz CT molecular complexity index is 838. The van der Waals surface area contributed by atoms with Crippen LogP contribution in [0.5, 0.6) is 17.6 Å². The largest absolute Gasteiger partial charge is 0.467 e. The minimum atomic E-state index is -0.729. The van der Waals surface area contributed by atoms with E-state index in [-0.39, 0.29) is 28.3 Å². The molecular formula is C14H11ClFN5O2. The normalized spacial score (nSPS) is 10.6. The van der Waals surface area contributed by atoms with Gasteiger partial charge >= 0.3 is 6.01 Å². The van der Waals surface area contributed by atoms with Crippen LogP contribution in [0.1, 0.15) is 0 Å². The van der Waals surface area contributed by atoms with Crippen molar-refractivity contribution in [2.45, 2.75) is 0 Å². The molecule has 118 valence electrons. The number of nitrogen functional groups attached to an aromatic ring is 1. The van der Waals surface area contributed by atoms with Gasteiger partial charge in [0.25, 0.3) is 0 Å². The molecule has 3 aromatic rings. The molecule has 2 heterocycles. The lowest BCUT2D eigenvalue weighted by Crippen LogP contribution is -1.99. The molecule has 7 nitrogen and oxygen atoms in total. The molecule has 0 aliphatic rings. The summed E-state index contributed by atoms with van der Waals surface area (Å²) >= 11 is 5.86. The van der Waals surface area contributed by atoms with Crippen LogP contribution in [0.15, 0.2) is 36.8 Å². The maximum absolute atomic E-state index is 13.6. The number of methoxy groups -OCH3 is 1. The Labute approximate surface area is 135 Å². The van der Waals surface area contributed by atoms with Crippen molar-refractivity contribution in [3.8, 4) is 23.3 Å². The molecule has 0 saturated heterocycles. The average Bonchev–Trinajstić information content (AvgIpc) is 3.04. The molecule has 0 bridgehead atoms. The molecule has 0 unspecified atom stereocenters. The minimum Gasteiger partial charge on any atom is -0.467 e. The second-order valence-corrected chi connectivity index (χ2v) is 4.79. The summed E-state index contributed by atoms with van der Waals surface area (Å²) in [6, 6.07) is 4.68. The Morgan fingerprint density at radius 1 is 1.22 bits per heavy atom. The van der Waals surface area contributed by atoms with Crippen LogP contribution < -0.4 is 15.2 Å². The van der Waals surface area contributed by atoms with Gasteiger partial charge in [0, 0.05) is 12.3 Å². The highest BCUT2D eigenvalue weighted by Gasteiger charge is 2.13. The van der Waals surface area contributed by atoms with Crippen LogP contribution in [0, 0.1) is 5.82 Å². The van der Waals surface area contributed by atoms with Crippen molar-refractivity contribution in [2.24, 2.45) is 0 Å². The van der Waals surface area contributed by atoms with Gasteiger partial charge in [-0.3, -0.25) is 0 Å². The molecular weight excluding hydrogens is 325 g/mol. The molecule has 0 aliphatic heterocycles.